The molecule has 1 amide bonds. The SMILES string of the molecule is CON(C)C(=O)[C@H](Cc1ccc(O[Si](C)(C)C(C)(C)C)cc1)O[Si](C)(C)C(C)(C)C. The number of carbonyl (C=O) groups is 1. The molecule has 1 atom stereocenters. The van der Waals surface area contributed by atoms with Crippen molar-refractivity contribution in [1.82, 2.24) is 5.06 Å². The van der Waals surface area contributed by atoms with Gasteiger partial charge < -0.3 is 8.85 Å². The number of hydrogen-bond donors (Lipinski definition) is 0. The molecule has 1 aromatic carbocycles. The van der Waals surface area contributed by atoms with Crippen LogP contribution in [-0.4, -0.2) is 47.9 Å². The number of hydrogen-bond acceptors (Lipinski definition) is 4. The third-order valence-corrected chi connectivity index (χ3v) is 15.5. The molecule has 0 saturated heterocycles. The summed E-state index contributed by atoms with van der Waals surface area (Å²) in [4.78, 5) is 18.1. The van der Waals surface area contributed by atoms with Crippen LogP contribution in [0, 0.1) is 0 Å². The van der Waals surface area contributed by atoms with E-state index >= 15 is 0 Å². The van der Waals surface area contributed by atoms with Crippen molar-refractivity contribution < 1.29 is 18.5 Å². The van der Waals surface area contributed by atoms with Gasteiger partial charge in [-0.2, -0.15) is 0 Å². The quantitative estimate of drug-likeness (QED) is 0.356. The first kappa shape index (κ1) is 26.9. The lowest BCUT2D eigenvalue weighted by atomic mass is 10.1. The minimum atomic E-state index is -2.13. The Hall–Kier alpha value is -1.16. The topological polar surface area (TPSA) is 48.0 Å². The van der Waals surface area contributed by atoms with Crippen molar-refractivity contribution in [2.75, 3.05) is 14.2 Å². The molecular weight excluding hydrogens is 410 g/mol. The Morgan fingerprint density at radius 1 is 0.933 bits per heavy atom. The number of rotatable bonds is 8. The Morgan fingerprint density at radius 2 is 1.40 bits per heavy atom. The molecule has 0 aliphatic carbocycles. The van der Waals surface area contributed by atoms with E-state index in [1.807, 2.05) is 24.3 Å². The second kappa shape index (κ2) is 9.55. The standard InChI is InChI=1S/C23H43NO4Si2/c1-22(2,3)29(9,10)27-19-15-13-18(14-16-19)17-20(21(25)24(7)26-8)28-30(11,12)23(4,5)6/h13-16,20H,17H2,1-12H3/t20-/m0/s1. The van der Waals surface area contributed by atoms with Crippen LogP contribution in [0.25, 0.3) is 0 Å². The lowest BCUT2D eigenvalue weighted by molar-refractivity contribution is -0.176. The lowest BCUT2D eigenvalue weighted by Crippen LogP contribution is -2.49. The number of benzene rings is 1. The summed E-state index contributed by atoms with van der Waals surface area (Å²) < 4.78 is 12.9. The van der Waals surface area contributed by atoms with Crippen LogP contribution < -0.4 is 4.43 Å². The molecule has 0 bridgehead atoms. The summed E-state index contributed by atoms with van der Waals surface area (Å²) >= 11 is 0. The molecule has 30 heavy (non-hydrogen) atoms. The predicted molar refractivity (Wildman–Crippen MR) is 130 cm³/mol. The zero-order valence-corrected chi connectivity index (χ0v) is 23.2. The summed E-state index contributed by atoms with van der Waals surface area (Å²) in [7, 11) is -0.891. The summed E-state index contributed by atoms with van der Waals surface area (Å²) in [5, 5.41) is 1.41. The molecule has 0 aliphatic heterocycles. The van der Waals surface area contributed by atoms with Crippen molar-refractivity contribution in [3.63, 3.8) is 0 Å². The van der Waals surface area contributed by atoms with Gasteiger partial charge >= 0.3 is 0 Å². The van der Waals surface area contributed by atoms with E-state index < -0.39 is 22.7 Å². The summed E-state index contributed by atoms with van der Waals surface area (Å²) in [6.07, 6.45) is -0.0811. The second-order valence-electron chi connectivity index (χ2n) is 11.1. The van der Waals surface area contributed by atoms with E-state index in [4.69, 9.17) is 13.7 Å². The van der Waals surface area contributed by atoms with Crippen LogP contribution in [0.15, 0.2) is 24.3 Å². The first-order chi connectivity index (χ1) is 13.4. The first-order valence-electron chi connectivity index (χ1n) is 10.7. The van der Waals surface area contributed by atoms with E-state index in [1.54, 1.807) is 7.05 Å². The van der Waals surface area contributed by atoms with Gasteiger partial charge in [0, 0.05) is 13.5 Å². The molecule has 0 N–H and O–H groups in total. The third kappa shape index (κ3) is 6.94. The van der Waals surface area contributed by atoms with E-state index in [1.165, 1.54) is 12.2 Å². The molecule has 1 aromatic rings. The number of carbonyl (C=O) groups excluding carboxylic acids is 1. The lowest BCUT2D eigenvalue weighted by Gasteiger charge is -2.39. The zero-order chi connectivity index (χ0) is 23.5. The van der Waals surface area contributed by atoms with Crippen molar-refractivity contribution in [2.45, 2.75) is 90.3 Å². The fraction of sp³-hybridized carbons (Fsp3) is 0.696. The molecule has 0 fully saturated rings. The van der Waals surface area contributed by atoms with Crippen LogP contribution in [-0.2, 0) is 20.5 Å². The van der Waals surface area contributed by atoms with Crippen molar-refractivity contribution in [2.24, 2.45) is 0 Å². The molecule has 1 rings (SSSR count). The monoisotopic (exact) mass is 453 g/mol. The number of amides is 1. The molecule has 0 radical (unpaired) electrons. The van der Waals surface area contributed by atoms with E-state index in [0.29, 0.717) is 6.42 Å². The Balaban J connectivity index is 3.06. The van der Waals surface area contributed by atoms with Gasteiger partial charge in [-0.3, -0.25) is 9.63 Å². The average Bonchev–Trinajstić information content (AvgIpc) is 2.59. The second-order valence-corrected chi connectivity index (χ2v) is 20.6. The maximum atomic E-state index is 12.9. The van der Waals surface area contributed by atoms with Gasteiger partial charge in [-0.15, -0.1) is 0 Å². The maximum absolute atomic E-state index is 12.9. The van der Waals surface area contributed by atoms with Crippen LogP contribution in [0.4, 0.5) is 0 Å². The summed E-state index contributed by atoms with van der Waals surface area (Å²) in [5.74, 6) is 0.719. The number of likely N-dealkylation sites (N-methyl/N-ethyl adjacent to an activating group) is 1. The van der Waals surface area contributed by atoms with E-state index in [2.05, 4.69) is 67.7 Å². The molecule has 172 valence electrons. The van der Waals surface area contributed by atoms with Crippen molar-refractivity contribution in [3.05, 3.63) is 29.8 Å². The molecule has 0 heterocycles. The summed E-state index contributed by atoms with van der Waals surface area (Å²) in [5.41, 5.74) is 1.04. The average molecular weight is 454 g/mol. The fourth-order valence-electron chi connectivity index (χ4n) is 2.36. The van der Waals surface area contributed by atoms with Crippen LogP contribution in [0.2, 0.25) is 36.3 Å². The molecule has 7 heteroatoms. The molecule has 0 saturated carbocycles. The van der Waals surface area contributed by atoms with E-state index in [-0.39, 0.29) is 16.0 Å². The van der Waals surface area contributed by atoms with Crippen LogP contribution >= 0.6 is 0 Å². The minimum Gasteiger partial charge on any atom is -0.544 e. The first-order valence-corrected chi connectivity index (χ1v) is 16.5. The Kier molecular flexibility index (Phi) is 8.55. The Labute approximate surface area is 186 Å². The van der Waals surface area contributed by atoms with Gasteiger partial charge in [-0.25, -0.2) is 5.06 Å². The van der Waals surface area contributed by atoms with Gasteiger partial charge in [0.05, 0.1) is 7.11 Å². The van der Waals surface area contributed by atoms with E-state index in [9.17, 15) is 4.79 Å². The maximum Gasteiger partial charge on any atom is 0.274 e. The van der Waals surface area contributed by atoms with Crippen LogP contribution in [0.3, 0.4) is 0 Å². The largest absolute Gasteiger partial charge is 0.544 e. The number of nitrogens with zero attached hydrogens (tertiary/aromatic N) is 1. The highest BCUT2D eigenvalue weighted by Crippen LogP contribution is 2.39. The third-order valence-electron chi connectivity index (χ3n) is 6.63. The highest BCUT2D eigenvalue weighted by molar-refractivity contribution is 6.75. The molecule has 0 aliphatic rings. The Bertz CT molecular complexity index is 703. The smallest absolute Gasteiger partial charge is 0.274 e. The van der Waals surface area contributed by atoms with Gasteiger partial charge in [0.1, 0.15) is 11.9 Å². The molecule has 5 nitrogen and oxygen atoms in total. The van der Waals surface area contributed by atoms with Crippen molar-refractivity contribution in [1.29, 1.82) is 0 Å². The Morgan fingerprint density at radius 3 is 1.80 bits per heavy atom. The molecule has 0 aromatic heterocycles. The summed E-state index contributed by atoms with van der Waals surface area (Å²) in [6.45, 7) is 22.0. The van der Waals surface area contributed by atoms with Crippen molar-refractivity contribution in [3.8, 4) is 5.75 Å². The normalized spacial score (nSPS) is 14.4. The molecule has 0 unspecified atom stereocenters. The highest BCUT2D eigenvalue weighted by atomic mass is 28.4. The highest BCUT2D eigenvalue weighted by Gasteiger charge is 2.41. The van der Waals surface area contributed by atoms with Gasteiger partial charge in [-0.1, -0.05) is 53.7 Å². The van der Waals surface area contributed by atoms with Crippen molar-refractivity contribution >= 4 is 22.5 Å². The summed E-state index contributed by atoms with van der Waals surface area (Å²) in [6, 6.07) is 8.07. The molecule has 0 spiro atoms. The number of hydroxylamine groups is 2. The zero-order valence-electron chi connectivity index (χ0n) is 21.2. The van der Waals surface area contributed by atoms with Crippen LogP contribution in [0.5, 0.6) is 5.75 Å². The van der Waals surface area contributed by atoms with Gasteiger partial charge in [0.15, 0.2) is 8.32 Å². The van der Waals surface area contributed by atoms with Gasteiger partial charge in [0.2, 0.25) is 8.32 Å². The molecular formula is C23H43NO4Si2. The van der Waals surface area contributed by atoms with Gasteiger partial charge in [0.25, 0.3) is 5.91 Å². The van der Waals surface area contributed by atoms with Gasteiger partial charge in [-0.05, 0) is 54.0 Å². The minimum absolute atomic E-state index is 0.0119. The van der Waals surface area contributed by atoms with Crippen LogP contribution in [0.1, 0.15) is 47.1 Å². The predicted octanol–water partition coefficient (Wildman–Crippen LogP) is 6.02. The van der Waals surface area contributed by atoms with E-state index in [0.717, 1.165) is 11.3 Å². The fourth-order valence-corrected chi connectivity index (χ4v) is 4.64.